The Balaban J connectivity index is 1.49. The number of rotatable bonds is 9. The van der Waals surface area contributed by atoms with Gasteiger partial charge in [-0.2, -0.15) is 5.26 Å². The summed E-state index contributed by atoms with van der Waals surface area (Å²) in [5.41, 5.74) is 0.462. The summed E-state index contributed by atoms with van der Waals surface area (Å²) in [5.74, 6) is 1.26. The number of carbonyl (C=O) groups excluding carboxylic acids is 1. The summed E-state index contributed by atoms with van der Waals surface area (Å²) < 4.78 is 25.2. The van der Waals surface area contributed by atoms with E-state index in [0.717, 1.165) is 19.6 Å². The highest BCUT2D eigenvalue weighted by molar-refractivity contribution is 7.91. The van der Waals surface area contributed by atoms with Crippen molar-refractivity contribution in [2.45, 2.75) is 50.1 Å². The van der Waals surface area contributed by atoms with E-state index >= 15 is 0 Å². The number of nitriles is 1. The van der Waals surface area contributed by atoms with E-state index in [0.29, 0.717) is 36.4 Å². The molecule has 1 aromatic carbocycles. The molecule has 1 aliphatic heterocycles. The molecule has 1 N–H and O–H groups in total. The largest absolute Gasteiger partial charge is 0.353 e. The van der Waals surface area contributed by atoms with E-state index in [1.807, 2.05) is 19.9 Å². The summed E-state index contributed by atoms with van der Waals surface area (Å²) in [4.78, 5) is 17.1. The van der Waals surface area contributed by atoms with Crippen LogP contribution in [0, 0.1) is 23.2 Å². The number of benzene rings is 1. The van der Waals surface area contributed by atoms with Crippen LogP contribution in [-0.4, -0.2) is 75.2 Å². The number of amides is 1. The fourth-order valence-electron chi connectivity index (χ4n) is 5.23. The number of hydrogen-bond donors (Lipinski definition) is 1. The Morgan fingerprint density at radius 2 is 1.84 bits per heavy atom. The van der Waals surface area contributed by atoms with Crippen LogP contribution in [0.3, 0.4) is 0 Å². The lowest BCUT2D eigenvalue weighted by molar-refractivity contribution is -0.123. The highest BCUT2D eigenvalue weighted by atomic mass is 32.2. The van der Waals surface area contributed by atoms with Crippen LogP contribution in [0.1, 0.15) is 38.7 Å². The molecule has 0 aromatic heterocycles. The molecule has 1 aliphatic carbocycles. The topological polar surface area (TPSA) is 93.5 Å². The molecule has 2 bridgehead atoms. The summed E-state index contributed by atoms with van der Waals surface area (Å²) in [6, 6.07) is 8.72. The number of nitrogens with zero attached hydrogens (tertiary/aromatic N) is 3. The Labute approximate surface area is 186 Å². The molecule has 3 rings (SSSR count). The lowest BCUT2D eigenvalue weighted by atomic mass is 9.91. The minimum Gasteiger partial charge on any atom is -0.353 e. The minimum absolute atomic E-state index is 0.0762. The molecule has 8 heteroatoms. The molecule has 1 aromatic rings. The maximum atomic E-state index is 12.6. The van der Waals surface area contributed by atoms with Gasteiger partial charge in [-0.1, -0.05) is 0 Å². The van der Waals surface area contributed by atoms with Gasteiger partial charge in [-0.15, -0.1) is 0 Å². The van der Waals surface area contributed by atoms with Gasteiger partial charge in [0.25, 0.3) is 0 Å². The maximum Gasteiger partial charge on any atom is 0.234 e. The van der Waals surface area contributed by atoms with Crippen molar-refractivity contribution in [3.05, 3.63) is 29.8 Å². The van der Waals surface area contributed by atoms with Crippen LogP contribution < -0.4 is 5.32 Å². The zero-order chi connectivity index (χ0) is 22.6. The van der Waals surface area contributed by atoms with Crippen LogP contribution in [0.2, 0.25) is 0 Å². The van der Waals surface area contributed by atoms with Gasteiger partial charge in [0.2, 0.25) is 5.91 Å². The Morgan fingerprint density at radius 3 is 2.39 bits per heavy atom. The Hall–Kier alpha value is -1.95. The van der Waals surface area contributed by atoms with Crippen LogP contribution in [0.5, 0.6) is 0 Å². The number of likely N-dealkylation sites (N-methyl/N-ethyl adjacent to an activating group) is 1. The highest BCUT2D eigenvalue weighted by Crippen LogP contribution is 2.39. The molecule has 1 saturated heterocycles. The molecule has 2 aliphatic rings. The van der Waals surface area contributed by atoms with Gasteiger partial charge in [-0.25, -0.2) is 8.42 Å². The first-order chi connectivity index (χ1) is 14.7. The zero-order valence-corrected chi connectivity index (χ0v) is 19.6. The molecule has 170 valence electrons. The van der Waals surface area contributed by atoms with Crippen molar-refractivity contribution < 1.29 is 13.2 Å². The number of nitrogens with one attached hydrogen (secondary N) is 1. The van der Waals surface area contributed by atoms with Crippen LogP contribution in [0.4, 0.5) is 0 Å². The van der Waals surface area contributed by atoms with Crippen molar-refractivity contribution >= 4 is 15.7 Å². The molecule has 0 spiro atoms. The lowest BCUT2D eigenvalue weighted by Gasteiger charge is -2.42. The van der Waals surface area contributed by atoms with Crippen molar-refractivity contribution in [1.82, 2.24) is 15.1 Å². The van der Waals surface area contributed by atoms with E-state index in [-0.39, 0.29) is 22.6 Å². The molecule has 0 radical (unpaired) electrons. The quantitative estimate of drug-likeness (QED) is 0.623. The van der Waals surface area contributed by atoms with Gasteiger partial charge in [0.15, 0.2) is 9.84 Å². The van der Waals surface area contributed by atoms with E-state index in [1.54, 1.807) is 12.1 Å². The van der Waals surface area contributed by atoms with Crippen molar-refractivity contribution in [1.29, 1.82) is 5.26 Å². The SMILES string of the molecule is CC(C)NC(=O)CN(C)C1C2CCC1CN(CCCS(=O)(=O)c1ccc(C#N)cc1)C2. The molecule has 1 amide bonds. The van der Waals surface area contributed by atoms with Gasteiger partial charge in [0.05, 0.1) is 28.8 Å². The zero-order valence-electron chi connectivity index (χ0n) is 18.8. The molecule has 2 unspecified atom stereocenters. The van der Waals surface area contributed by atoms with E-state index in [2.05, 4.69) is 22.2 Å². The normalized spacial score (nSPS) is 23.8. The number of fused-ring (bicyclic) bond motifs is 2. The smallest absolute Gasteiger partial charge is 0.234 e. The molecule has 31 heavy (non-hydrogen) atoms. The average Bonchev–Trinajstić information content (AvgIpc) is 2.98. The average molecular weight is 447 g/mol. The first-order valence-electron chi connectivity index (χ1n) is 11.1. The second-order valence-electron chi connectivity index (χ2n) is 9.29. The molecule has 2 atom stereocenters. The fraction of sp³-hybridized carbons (Fsp3) is 0.652. The third-order valence-electron chi connectivity index (χ3n) is 6.44. The van der Waals surface area contributed by atoms with Crippen LogP contribution in [-0.2, 0) is 14.6 Å². The van der Waals surface area contributed by atoms with Gasteiger partial charge < -0.3 is 10.2 Å². The van der Waals surface area contributed by atoms with Crippen LogP contribution in [0.25, 0.3) is 0 Å². The summed E-state index contributed by atoms with van der Waals surface area (Å²) >= 11 is 0. The lowest BCUT2D eigenvalue weighted by Crippen LogP contribution is -2.53. The first-order valence-corrected chi connectivity index (χ1v) is 12.8. The molecule has 7 nitrogen and oxygen atoms in total. The van der Waals surface area contributed by atoms with Gasteiger partial charge in [0, 0.05) is 25.2 Å². The number of carbonyl (C=O) groups is 1. The predicted octanol–water partition coefficient (Wildman–Crippen LogP) is 1.89. The van der Waals surface area contributed by atoms with E-state index in [9.17, 15) is 13.2 Å². The Bertz CT molecular complexity index is 894. The third-order valence-corrected chi connectivity index (χ3v) is 8.26. The van der Waals surface area contributed by atoms with Crippen molar-refractivity contribution in [3.63, 3.8) is 0 Å². The first kappa shape index (κ1) is 23.7. The molecule has 1 saturated carbocycles. The summed E-state index contributed by atoms with van der Waals surface area (Å²) in [6.45, 7) is 7.08. The number of hydrogen-bond acceptors (Lipinski definition) is 6. The highest BCUT2D eigenvalue weighted by Gasteiger charge is 2.43. The Morgan fingerprint density at radius 1 is 1.23 bits per heavy atom. The second kappa shape index (κ2) is 10.1. The van der Waals surface area contributed by atoms with Crippen molar-refractivity contribution in [2.75, 3.05) is 39.0 Å². The van der Waals surface area contributed by atoms with E-state index in [1.165, 1.54) is 25.0 Å². The predicted molar refractivity (Wildman–Crippen MR) is 120 cm³/mol. The molecular weight excluding hydrogens is 412 g/mol. The van der Waals surface area contributed by atoms with Gasteiger partial charge in [0.1, 0.15) is 0 Å². The molecule has 1 heterocycles. The van der Waals surface area contributed by atoms with Gasteiger partial charge in [-0.3, -0.25) is 9.69 Å². The summed E-state index contributed by atoms with van der Waals surface area (Å²) in [5, 5.41) is 11.8. The number of piperidine rings is 1. The summed E-state index contributed by atoms with van der Waals surface area (Å²) in [7, 11) is -1.28. The third kappa shape index (κ3) is 6.06. The van der Waals surface area contributed by atoms with Crippen LogP contribution in [0.15, 0.2) is 29.2 Å². The Kier molecular flexibility index (Phi) is 7.73. The monoisotopic (exact) mass is 446 g/mol. The second-order valence-corrected chi connectivity index (χ2v) is 11.4. The van der Waals surface area contributed by atoms with E-state index < -0.39 is 9.84 Å². The minimum atomic E-state index is -3.33. The molecular formula is C23H34N4O3S. The summed E-state index contributed by atoms with van der Waals surface area (Å²) in [6.07, 6.45) is 2.94. The van der Waals surface area contributed by atoms with Crippen LogP contribution >= 0.6 is 0 Å². The van der Waals surface area contributed by atoms with Crippen molar-refractivity contribution in [2.24, 2.45) is 11.8 Å². The van der Waals surface area contributed by atoms with Gasteiger partial charge in [-0.05, 0) is 82.8 Å². The standard InChI is InChI=1S/C23H34N4O3S/c1-17(2)25-22(28)16-26(3)23-19-7-8-20(23)15-27(14-19)11-4-12-31(29,30)21-9-5-18(13-24)6-10-21/h5-6,9-10,17,19-20,23H,4,7-8,11-12,14-16H2,1-3H3,(H,25,28). The fourth-order valence-corrected chi connectivity index (χ4v) is 6.52. The van der Waals surface area contributed by atoms with Crippen molar-refractivity contribution in [3.8, 4) is 6.07 Å². The number of sulfone groups is 1. The maximum absolute atomic E-state index is 12.6. The van der Waals surface area contributed by atoms with Gasteiger partial charge >= 0.3 is 0 Å². The van der Waals surface area contributed by atoms with E-state index in [4.69, 9.17) is 5.26 Å². The number of likely N-dealkylation sites (tertiary alicyclic amines) is 1. The molecule has 2 fully saturated rings.